The Bertz CT molecular complexity index is 948. The van der Waals surface area contributed by atoms with Gasteiger partial charge in [0, 0.05) is 37.1 Å². The number of aliphatic imine (C=N–C) groups is 1. The van der Waals surface area contributed by atoms with E-state index in [2.05, 4.69) is 5.32 Å². The molecule has 1 saturated heterocycles. The Hall–Kier alpha value is -3.22. The highest BCUT2D eigenvalue weighted by molar-refractivity contribution is 6.46. The highest BCUT2D eigenvalue weighted by Gasteiger charge is 2.43. The van der Waals surface area contributed by atoms with Crippen LogP contribution in [0.2, 0.25) is 0 Å². The van der Waals surface area contributed by atoms with Gasteiger partial charge in [0.25, 0.3) is 11.8 Å². The third-order valence-corrected chi connectivity index (χ3v) is 5.20. The second kappa shape index (κ2) is 7.07. The van der Waals surface area contributed by atoms with E-state index < -0.39 is 5.66 Å². The van der Waals surface area contributed by atoms with Gasteiger partial charge in [-0.05, 0) is 36.4 Å². The van der Waals surface area contributed by atoms with Crippen LogP contribution in [0, 0.1) is 5.82 Å². The lowest BCUT2D eigenvalue weighted by atomic mass is 9.97. The van der Waals surface area contributed by atoms with E-state index in [-0.39, 0.29) is 17.6 Å². The predicted molar refractivity (Wildman–Crippen MR) is 102 cm³/mol. The monoisotopic (exact) mass is 381 g/mol. The van der Waals surface area contributed by atoms with Gasteiger partial charge < -0.3 is 15.0 Å². The van der Waals surface area contributed by atoms with E-state index in [1.165, 1.54) is 24.3 Å². The van der Waals surface area contributed by atoms with Crippen molar-refractivity contribution in [2.45, 2.75) is 18.5 Å². The van der Waals surface area contributed by atoms with E-state index in [9.17, 15) is 14.0 Å². The Balaban J connectivity index is 1.49. The van der Waals surface area contributed by atoms with E-state index in [1.807, 2.05) is 18.2 Å². The molecule has 0 saturated carbocycles. The van der Waals surface area contributed by atoms with Gasteiger partial charge in [-0.3, -0.25) is 14.6 Å². The number of halogens is 1. The van der Waals surface area contributed by atoms with Crippen LogP contribution in [0.1, 0.15) is 28.8 Å². The molecular weight excluding hydrogens is 361 g/mol. The number of benzene rings is 2. The molecule has 7 heteroatoms. The zero-order valence-corrected chi connectivity index (χ0v) is 15.4. The van der Waals surface area contributed by atoms with Gasteiger partial charge in [-0.15, -0.1) is 0 Å². The molecule has 6 nitrogen and oxygen atoms in total. The Morgan fingerprint density at radius 3 is 2.57 bits per heavy atom. The number of nitrogens with one attached hydrogen (secondary N) is 1. The fourth-order valence-electron chi connectivity index (χ4n) is 3.62. The van der Waals surface area contributed by atoms with Crippen LogP contribution < -0.4 is 10.1 Å². The van der Waals surface area contributed by atoms with Crippen LogP contribution in [0.5, 0.6) is 5.75 Å². The van der Waals surface area contributed by atoms with Crippen molar-refractivity contribution in [2.75, 3.05) is 20.2 Å². The van der Waals surface area contributed by atoms with Gasteiger partial charge in [-0.2, -0.15) is 0 Å². The van der Waals surface area contributed by atoms with Gasteiger partial charge in [0.1, 0.15) is 22.9 Å². The quantitative estimate of drug-likeness (QED) is 0.888. The molecule has 28 heavy (non-hydrogen) atoms. The van der Waals surface area contributed by atoms with Crippen LogP contribution >= 0.6 is 0 Å². The number of ether oxygens (including phenoxy) is 1. The summed E-state index contributed by atoms with van der Waals surface area (Å²) in [5.41, 5.74) is 0.860. The van der Waals surface area contributed by atoms with Crippen molar-refractivity contribution in [3.8, 4) is 5.75 Å². The Labute approximate surface area is 162 Å². The van der Waals surface area contributed by atoms with Gasteiger partial charge in [-0.1, -0.05) is 12.1 Å². The molecule has 0 atom stereocenters. The summed E-state index contributed by atoms with van der Waals surface area (Å²) >= 11 is 0. The van der Waals surface area contributed by atoms with Crippen LogP contribution in [0.3, 0.4) is 0 Å². The third kappa shape index (κ3) is 3.35. The average molecular weight is 381 g/mol. The fraction of sp³-hybridized carbons (Fsp3) is 0.286. The van der Waals surface area contributed by atoms with Gasteiger partial charge >= 0.3 is 0 Å². The van der Waals surface area contributed by atoms with E-state index in [4.69, 9.17) is 9.73 Å². The van der Waals surface area contributed by atoms with E-state index >= 15 is 0 Å². The maximum atomic E-state index is 13.1. The molecule has 2 heterocycles. The topological polar surface area (TPSA) is 71.0 Å². The summed E-state index contributed by atoms with van der Waals surface area (Å²) < 4.78 is 18.3. The van der Waals surface area contributed by atoms with Gasteiger partial charge in [0.05, 0.1) is 7.11 Å². The zero-order valence-electron chi connectivity index (χ0n) is 15.4. The zero-order chi connectivity index (χ0) is 19.7. The fourth-order valence-corrected chi connectivity index (χ4v) is 3.62. The number of nitrogens with zero attached hydrogens (tertiary/aromatic N) is 2. The van der Waals surface area contributed by atoms with Crippen LogP contribution in [-0.2, 0) is 4.79 Å². The highest BCUT2D eigenvalue weighted by atomic mass is 19.1. The molecule has 2 aromatic carbocycles. The van der Waals surface area contributed by atoms with Gasteiger partial charge in [0.15, 0.2) is 0 Å². The molecule has 1 fully saturated rings. The first-order valence-electron chi connectivity index (χ1n) is 9.11. The first-order valence-corrected chi connectivity index (χ1v) is 9.11. The van der Waals surface area contributed by atoms with Crippen molar-refractivity contribution in [3.05, 3.63) is 65.5 Å². The molecule has 0 bridgehead atoms. The van der Waals surface area contributed by atoms with Crippen molar-refractivity contribution in [3.63, 3.8) is 0 Å². The standard InChI is InChI=1S/C21H20FN3O3/c1-28-17-4-2-3-15(13-17)18-19(26)24-21(23-18)9-11-25(12-10-21)20(27)14-5-7-16(22)8-6-14/h2-8,13H,9-12H2,1H3,(H,24,26). The first kappa shape index (κ1) is 18.2. The number of likely N-dealkylation sites (tertiary alicyclic amines) is 1. The van der Waals surface area contributed by atoms with Crippen molar-refractivity contribution >= 4 is 17.5 Å². The van der Waals surface area contributed by atoms with Gasteiger partial charge in [0.2, 0.25) is 0 Å². The van der Waals surface area contributed by atoms with Crippen molar-refractivity contribution < 1.29 is 18.7 Å². The number of rotatable bonds is 3. The van der Waals surface area contributed by atoms with E-state index in [0.717, 1.165) is 0 Å². The largest absolute Gasteiger partial charge is 0.497 e. The molecule has 2 aliphatic rings. The number of piperidine rings is 1. The predicted octanol–water partition coefficient (Wildman–Crippen LogP) is 2.39. The molecule has 0 unspecified atom stereocenters. The molecule has 2 amide bonds. The molecule has 1 N–H and O–H groups in total. The normalized spacial score (nSPS) is 18.0. The molecule has 0 aliphatic carbocycles. The average Bonchev–Trinajstić information content (AvgIpc) is 3.04. The van der Waals surface area contributed by atoms with Crippen LogP contribution in [-0.4, -0.2) is 48.3 Å². The molecule has 2 aromatic rings. The lowest BCUT2D eigenvalue weighted by Crippen LogP contribution is -2.52. The Morgan fingerprint density at radius 2 is 1.89 bits per heavy atom. The van der Waals surface area contributed by atoms with Crippen LogP contribution in [0.25, 0.3) is 0 Å². The number of methoxy groups -OCH3 is 1. The van der Waals surface area contributed by atoms with Crippen LogP contribution in [0.15, 0.2) is 53.5 Å². The maximum absolute atomic E-state index is 13.1. The molecular formula is C21H20FN3O3. The van der Waals surface area contributed by atoms with Crippen molar-refractivity contribution in [2.24, 2.45) is 4.99 Å². The number of hydrogen-bond acceptors (Lipinski definition) is 4. The summed E-state index contributed by atoms with van der Waals surface area (Å²) in [6.45, 7) is 0.927. The van der Waals surface area contributed by atoms with E-state index in [0.29, 0.717) is 48.5 Å². The summed E-state index contributed by atoms with van der Waals surface area (Å²) in [4.78, 5) is 31.5. The maximum Gasteiger partial charge on any atom is 0.272 e. The van der Waals surface area contributed by atoms with Crippen molar-refractivity contribution in [1.82, 2.24) is 10.2 Å². The summed E-state index contributed by atoms with van der Waals surface area (Å²) in [5, 5.41) is 2.99. The molecule has 0 aromatic heterocycles. The minimum Gasteiger partial charge on any atom is -0.497 e. The lowest BCUT2D eigenvalue weighted by Gasteiger charge is -2.37. The van der Waals surface area contributed by atoms with Crippen LogP contribution in [0.4, 0.5) is 4.39 Å². The second-order valence-corrected chi connectivity index (χ2v) is 6.98. The number of carbonyl (C=O) groups is 2. The summed E-state index contributed by atoms with van der Waals surface area (Å²) in [6.07, 6.45) is 1.05. The minimum absolute atomic E-state index is 0.142. The minimum atomic E-state index is -0.685. The smallest absolute Gasteiger partial charge is 0.272 e. The van der Waals surface area contributed by atoms with E-state index in [1.54, 1.807) is 18.1 Å². The number of hydrogen-bond donors (Lipinski definition) is 1. The molecule has 0 radical (unpaired) electrons. The highest BCUT2D eigenvalue weighted by Crippen LogP contribution is 2.30. The number of amides is 2. The Kier molecular flexibility index (Phi) is 4.58. The Morgan fingerprint density at radius 1 is 1.18 bits per heavy atom. The summed E-state index contributed by atoms with van der Waals surface area (Å²) in [5.74, 6) is -0.0707. The molecule has 144 valence electrons. The SMILES string of the molecule is COc1cccc(C2=NC3(CCN(C(=O)c4ccc(F)cc4)CC3)NC2=O)c1. The third-order valence-electron chi connectivity index (χ3n) is 5.20. The first-order chi connectivity index (χ1) is 13.5. The molecule has 2 aliphatic heterocycles. The van der Waals surface area contributed by atoms with Crippen molar-refractivity contribution in [1.29, 1.82) is 0 Å². The molecule has 1 spiro atoms. The second-order valence-electron chi connectivity index (χ2n) is 6.98. The van der Waals surface area contributed by atoms with Gasteiger partial charge in [-0.25, -0.2) is 4.39 Å². The molecule has 4 rings (SSSR count). The lowest BCUT2D eigenvalue weighted by molar-refractivity contribution is -0.115. The summed E-state index contributed by atoms with van der Waals surface area (Å²) in [7, 11) is 1.57. The summed E-state index contributed by atoms with van der Waals surface area (Å²) in [6, 6.07) is 12.8. The number of carbonyl (C=O) groups excluding carboxylic acids is 2.